The van der Waals surface area contributed by atoms with E-state index in [1.165, 1.54) is 13.3 Å². The van der Waals surface area contributed by atoms with Crippen LogP contribution >= 0.6 is 0 Å². The first kappa shape index (κ1) is 22.6. The Hall–Kier alpha value is -1.14. The number of hydrogen-bond acceptors (Lipinski definition) is 6. The molecule has 0 N–H and O–H groups in total. The lowest BCUT2D eigenvalue weighted by Crippen LogP contribution is -2.67. The molecular weight excluding hydrogens is 408 g/mol. The SMILES string of the molecule is CCCC(=O)OC1CC23C(OC(C)=O)OC4OCC(CCC2C2(C)CCCC(C)(C)C12)C43. The summed E-state index contributed by atoms with van der Waals surface area (Å²) >= 11 is 0. The van der Waals surface area contributed by atoms with Gasteiger partial charge in [-0.2, -0.15) is 0 Å². The van der Waals surface area contributed by atoms with E-state index in [4.69, 9.17) is 18.9 Å². The molecule has 3 aliphatic carbocycles. The van der Waals surface area contributed by atoms with Crippen LogP contribution in [0.25, 0.3) is 0 Å². The molecule has 3 saturated carbocycles. The maximum atomic E-state index is 12.8. The molecule has 180 valence electrons. The fourth-order valence-electron chi connectivity index (χ4n) is 9.24. The van der Waals surface area contributed by atoms with Crippen LogP contribution in [-0.4, -0.2) is 37.2 Å². The van der Waals surface area contributed by atoms with Gasteiger partial charge >= 0.3 is 11.9 Å². The lowest BCUT2D eigenvalue weighted by molar-refractivity contribution is -0.275. The van der Waals surface area contributed by atoms with Crippen molar-refractivity contribution in [3.63, 3.8) is 0 Å². The first-order valence-corrected chi connectivity index (χ1v) is 12.8. The Bertz CT molecular complexity index is 778. The maximum Gasteiger partial charge on any atom is 0.306 e. The monoisotopic (exact) mass is 448 g/mol. The van der Waals surface area contributed by atoms with E-state index in [0.29, 0.717) is 31.3 Å². The summed E-state index contributed by atoms with van der Waals surface area (Å²) in [6.45, 7) is 11.3. The number of fused-ring (bicyclic) bond motifs is 2. The number of ether oxygens (including phenoxy) is 4. The van der Waals surface area contributed by atoms with E-state index in [9.17, 15) is 9.59 Å². The van der Waals surface area contributed by atoms with Crippen LogP contribution in [0.5, 0.6) is 0 Å². The third-order valence-electron chi connectivity index (χ3n) is 9.89. The molecule has 2 saturated heterocycles. The summed E-state index contributed by atoms with van der Waals surface area (Å²) < 4.78 is 24.6. The van der Waals surface area contributed by atoms with Crippen LogP contribution in [-0.2, 0) is 28.5 Å². The molecule has 5 rings (SSSR count). The van der Waals surface area contributed by atoms with Crippen LogP contribution in [0.2, 0.25) is 0 Å². The minimum atomic E-state index is -0.627. The van der Waals surface area contributed by atoms with E-state index in [0.717, 1.165) is 32.1 Å². The highest BCUT2D eigenvalue weighted by Gasteiger charge is 2.75. The predicted molar refractivity (Wildman–Crippen MR) is 117 cm³/mol. The van der Waals surface area contributed by atoms with Crippen LogP contribution in [0.3, 0.4) is 0 Å². The molecule has 0 aromatic carbocycles. The molecule has 0 radical (unpaired) electrons. The van der Waals surface area contributed by atoms with Crippen LogP contribution in [0.1, 0.15) is 86.0 Å². The molecule has 2 aliphatic heterocycles. The average molecular weight is 449 g/mol. The smallest absolute Gasteiger partial charge is 0.306 e. The highest BCUT2D eigenvalue weighted by Crippen LogP contribution is 2.74. The van der Waals surface area contributed by atoms with Crippen molar-refractivity contribution in [3.8, 4) is 0 Å². The summed E-state index contributed by atoms with van der Waals surface area (Å²) in [4.78, 5) is 24.9. The van der Waals surface area contributed by atoms with Gasteiger partial charge in [-0.25, -0.2) is 0 Å². The predicted octanol–water partition coefficient (Wildman–Crippen LogP) is 4.84. The van der Waals surface area contributed by atoms with Crippen molar-refractivity contribution >= 4 is 11.9 Å². The van der Waals surface area contributed by atoms with Gasteiger partial charge in [-0.3, -0.25) is 9.59 Å². The standard InChI is InChI=1S/C26H40O6/c1-6-8-19(28)31-17-13-26-18(25(5)12-7-11-24(3,4)21(17)25)10-9-16-14-29-22(20(16)26)32-23(26)30-15(2)27/h16-18,20-23H,6-14H2,1-5H3. The van der Waals surface area contributed by atoms with Crippen molar-refractivity contribution in [3.05, 3.63) is 0 Å². The number of carbonyl (C=O) groups excluding carboxylic acids is 2. The number of esters is 2. The van der Waals surface area contributed by atoms with Crippen LogP contribution in [0.4, 0.5) is 0 Å². The summed E-state index contributed by atoms with van der Waals surface area (Å²) in [6.07, 6.45) is 6.46. The third kappa shape index (κ3) is 3.11. The second-order valence-electron chi connectivity index (χ2n) is 12.1. The molecule has 5 aliphatic rings. The molecule has 32 heavy (non-hydrogen) atoms. The normalized spacial score (nSPS) is 48.3. The van der Waals surface area contributed by atoms with Crippen molar-refractivity contribution in [1.29, 1.82) is 0 Å². The lowest BCUT2D eigenvalue weighted by Gasteiger charge is -2.67. The van der Waals surface area contributed by atoms with Crippen LogP contribution < -0.4 is 0 Å². The molecule has 0 aromatic heterocycles. The largest absolute Gasteiger partial charge is 0.462 e. The van der Waals surface area contributed by atoms with Gasteiger partial charge in [0.1, 0.15) is 6.10 Å². The van der Waals surface area contributed by atoms with Gasteiger partial charge in [0.25, 0.3) is 0 Å². The zero-order chi connectivity index (χ0) is 22.9. The number of rotatable bonds is 4. The molecule has 1 spiro atoms. The van der Waals surface area contributed by atoms with Gasteiger partial charge in [0.15, 0.2) is 6.29 Å². The van der Waals surface area contributed by atoms with Gasteiger partial charge in [-0.15, -0.1) is 0 Å². The van der Waals surface area contributed by atoms with Gasteiger partial charge in [0.2, 0.25) is 6.29 Å². The highest BCUT2D eigenvalue weighted by atomic mass is 16.8. The van der Waals surface area contributed by atoms with Crippen LogP contribution in [0.15, 0.2) is 0 Å². The summed E-state index contributed by atoms with van der Waals surface area (Å²) in [5, 5.41) is 0. The molecule has 0 aromatic rings. The average Bonchev–Trinajstić information content (AvgIpc) is 3.22. The molecular formula is C26H40O6. The van der Waals surface area contributed by atoms with E-state index >= 15 is 0 Å². The highest BCUT2D eigenvalue weighted by molar-refractivity contribution is 5.69. The fraction of sp³-hybridized carbons (Fsp3) is 0.923. The Morgan fingerprint density at radius 2 is 1.88 bits per heavy atom. The van der Waals surface area contributed by atoms with Crippen molar-refractivity contribution < 1.29 is 28.5 Å². The van der Waals surface area contributed by atoms with E-state index in [1.807, 2.05) is 6.92 Å². The minimum absolute atomic E-state index is 0.00136. The fourth-order valence-corrected chi connectivity index (χ4v) is 9.24. The second-order valence-corrected chi connectivity index (χ2v) is 12.1. The molecule has 9 atom stereocenters. The first-order valence-electron chi connectivity index (χ1n) is 12.8. The molecule has 5 fully saturated rings. The van der Waals surface area contributed by atoms with E-state index in [-0.39, 0.29) is 52.4 Å². The van der Waals surface area contributed by atoms with E-state index in [1.54, 1.807) is 0 Å². The molecule has 6 nitrogen and oxygen atoms in total. The minimum Gasteiger partial charge on any atom is -0.462 e. The summed E-state index contributed by atoms with van der Waals surface area (Å²) in [7, 11) is 0. The maximum absolute atomic E-state index is 12.8. The summed E-state index contributed by atoms with van der Waals surface area (Å²) in [5.74, 6) is 0.835. The van der Waals surface area contributed by atoms with Crippen molar-refractivity contribution in [2.75, 3.05) is 6.61 Å². The third-order valence-corrected chi connectivity index (χ3v) is 9.89. The molecule has 6 heteroatoms. The Morgan fingerprint density at radius 1 is 1.09 bits per heavy atom. The zero-order valence-corrected chi connectivity index (χ0v) is 20.4. The van der Waals surface area contributed by atoms with Crippen molar-refractivity contribution in [2.45, 2.75) is 105 Å². The number of hydrogen-bond donors (Lipinski definition) is 0. The van der Waals surface area contributed by atoms with Crippen molar-refractivity contribution in [2.24, 2.45) is 39.9 Å². The van der Waals surface area contributed by atoms with Gasteiger partial charge in [0.05, 0.1) is 6.61 Å². The second kappa shape index (κ2) is 7.69. The Kier molecular flexibility index (Phi) is 5.44. The molecule has 0 amide bonds. The Labute approximate surface area is 192 Å². The molecule has 2 heterocycles. The Balaban J connectivity index is 1.62. The lowest BCUT2D eigenvalue weighted by atomic mass is 9.38. The van der Waals surface area contributed by atoms with Gasteiger partial charge in [-0.1, -0.05) is 34.1 Å². The quantitative estimate of drug-likeness (QED) is 0.573. The van der Waals surface area contributed by atoms with E-state index < -0.39 is 6.29 Å². The van der Waals surface area contributed by atoms with Gasteiger partial charge < -0.3 is 18.9 Å². The van der Waals surface area contributed by atoms with Crippen molar-refractivity contribution in [1.82, 2.24) is 0 Å². The zero-order valence-electron chi connectivity index (χ0n) is 20.4. The van der Waals surface area contributed by atoms with Crippen LogP contribution in [0, 0.1) is 39.9 Å². The van der Waals surface area contributed by atoms with Gasteiger partial charge in [0, 0.05) is 30.6 Å². The Morgan fingerprint density at radius 3 is 2.59 bits per heavy atom. The molecule has 9 unspecified atom stereocenters. The first-order chi connectivity index (χ1) is 15.1. The number of carbonyl (C=O) groups is 2. The van der Waals surface area contributed by atoms with E-state index in [2.05, 4.69) is 20.8 Å². The summed E-state index contributed by atoms with van der Waals surface area (Å²) in [5.41, 5.74) is -0.266. The van der Waals surface area contributed by atoms with Gasteiger partial charge in [-0.05, 0) is 61.2 Å². The molecule has 0 bridgehead atoms. The summed E-state index contributed by atoms with van der Waals surface area (Å²) in [6, 6.07) is 0. The topological polar surface area (TPSA) is 71.1 Å².